The van der Waals surface area contributed by atoms with Gasteiger partial charge in [-0.15, -0.1) is 0 Å². The van der Waals surface area contributed by atoms with Gasteiger partial charge in [0.15, 0.2) is 5.17 Å². The molecule has 1 aromatic rings. The molecule has 2 rings (SSSR count). The molecule has 2 heterocycles. The van der Waals surface area contributed by atoms with Gasteiger partial charge in [-0.05, 0) is 12.5 Å². The quantitative estimate of drug-likeness (QED) is 0.566. The summed E-state index contributed by atoms with van der Waals surface area (Å²) in [5, 5.41) is 4.54. The standard InChI is InChI=1S/C14H19N5O3S/c1-18-8-10(7-16-18)6-11-13(21)19(4-3-5-22-2)14(17-11)23-9-12(15)20/h6-8H,3-5,9H2,1-2H3,(H2,15,20). The van der Waals surface area contributed by atoms with Gasteiger partial charge in [0, 0.05) is 39.1 Å². The summed E-state index contributed by atoms with van der Waals surface area (Å²) < 4.78 is 6.66. The van der Waals surface area contributed by atoms with Gasteiger partial charge in [0.05, 0.1) is 11.9 Å². The van der Waals surface area contributed by atoms with Crippen LogP contribution >= 0.6 is 11.8 Å². The maximum atomic E-state index is 12.5. The maximum absolute atomic E-state index is 12.5. The number of methoxy groups -OCH3 is 1. The molecule has 1 aromatic heterocycles. The van der Waals surface area contributed by atoms with Crippen molar-refractivity contribution in [2.24, 2.45) is 17.8 Å². The molecule has 1 aliphatic rings. The highest BCUT2D eigenvalue weighted by Crippen LogP contribution is 2.24. The smallest absolute Gasteiger partial charge is 0.278 e. The van der Waals surface area contributed by atoms with E-state index in [9.17, 15) is 9.59 Å². The van der Waals surface area contributed by atoms with Crippen LogP contribution in [0, 0.1) is 0 Å². The topological polar surface area (TPSA) is 103 Å². The Morgan fingerprint density at radius 1 is 1.52 bits per heavy atom. The lowest BCUT2D eigenvalue weighted by Crippen LogP contribution is -2.32. The zero-order valence-corrected chi connectivity index (χ0v) is 13.9. The van der Waals surface area contributed by atoms with E-state index in [1.54, 1.807) is 42.2 Å². The van der Waals surface area contributed by atoms with Crippen molar-refractivity contribution < 1.29 is 14.3 Å². The number of hydrogen-bond acceptors (Lipinski definition) is 6. The zero-order chi connectivity index (χ0) is 16.8. The first-order valence-electron chi connectivity index (χ1n) is 7.02. The van der Waals surface area contributed by atoms with Crippen molar-refractivity contribution in [1.29, 1.82) is 0 Å². The Morgan fingerprint density at radius 3 is 2.91 bits per heavy atom. The van der Waals surface area contributed by atoms with Gasteiger partial charge in [-0.3, -0.25) is 19.2 Å². The second-order valence-electron chi connectivity index (χ2n) is 4.93. The summed E-state index contributed by atoms with van der Waals surface area (Å²) in [5.41, 5.74) is 6.28. The predicted molar refractivity (Wildman–Crippen MR) is 88.5 cm³/mol. The molecule has 0 radical (unpaired) electrons. The minimum Gasteiger partial charge on any atom is -0.385 e. The van der Waals surface area contributed by atoms with Crippen molar-refractivity contribution >= 4 is 34.8 Å². The van der Waals surface area contributed by atoms with Crippen LogP contribution in [0.2, 0.25) is 0 Å². The first-order valence-corrected chi connectivity index (χ1v) is 8.00. The minimum absolute atomic E-state index is 0.0765. The summed E-state index contributed by atoms with van der Waals surface area (Å²) in [4.78, 5) is 29.4. The summed E-state index contributed by atoms with van der Waals surface area (Å²) in [6.07, 6.45) is 5.80. The average Bonchev–Trinajstić information content (AvgIpc) is 3.03. The molecule has 0 fully saturated rings. The third kappa shape index (κ3) is 4.67. The number of aromatic nitrogens is 2. The van der Waals surface area contributed by atoms with Crippen molar-refractivity contribution in [3.8, 4) is 0 Å². The number of thioether (sulfide) groups is 1. The van der Waals surface area contributed by atoms with E-state index < -0.39 is 5.91 Å². The number of amidine groups is 1. The SMILES string of the molecule is COCCCN1C(=O)C(=Cc2cnn(C)c2)N=C1SCC(N)=O. The molecule has 2 amide bonds. The lowest BCUT2D eigenvalue weighted by Gasteiger charge is -2.16. The normalized spacial score (nSPS) is 16.3. The molecule has 0 saturated carbocycles. The lowest BCUT2D eigenvalue weighted by atomic mass is 10.2. The van der Waals surface area contributed by atoms with E-state index in [0.29, 0.717) is 30.4 Å². The molecule has 124 valence electrons. The van der Waals surface area contributed by atoms with Crippen molar-refractivity contribution in [1.82, 2.24) is 14.7 Å². The number of carbonyl (C=O) groups excluding carboxylic acids is 2. The van der Waals surface area contributed by atoms with Gasteiger partial charge in [-0.2, -0.15) is 5.10 Å². The first-order chi connectivity index (χ1) is 11.0. The van der Waals surface area contributed by atoms with E-state index in [-0.39, 0.29) is 11.7 Å². The van der Waals surface area contributed by atoms with Gasteiger partial charge in [0.1, 0.15) is 5.70 Å². The van der Waals surface area contributed by atoms with Crippen LogP contribution in [0.3, 0.4) is 0 Å². The molecule has 0 atom stereocenters. The fourth-order valence-electron chi connectivity index (χ4n) is 2.01. The van der Waals surface area contributed by atoms with Crippen LogP contribution in [0.15, 0.2) is 23.1 Å². The molecule has 1 aliphatic heterocycles. The van der Waals surface area contributed by atoms with Crippen LogP contribution in [0.1, 0.15) is 12.0 Å². The van der Waals surface area contributed by atoms with Gasteiger partial charge >= 0.3 is 0 Å². The number of amides is 2. The number of hydrogen-bond donors (Lipinski definition) is 1. The number of aliphatic imine (C=N–C) groups is 1. The Hall–Kier alpha value is -2.13. The molecule has 9 heteroatoms. The van der Waals surface area contributed by atoms with Crippen molar-refractivity contribution in [2.75, 3.05) is 26.0 Å². The largest absolute Gasteiger partial charge is 0.385 e. The highest BCUT2D eigenvalue weighted by Gasteiger charge is 2.30. The summed E-state index contributed by atoms with van der Waals surface area (Å²) >= 11 is 1.16. The monoisotopic (exact) mass is 337 g/mol. The van der Waals surface area contributed by atoms with Crippen LogP contribution in [0.4, 0.5) is 0 Å². The number of aryl methyl sites for hydroxylation is 1. The van der Waals surface area contributed by atoms with Crippen molar-refractivity contribution in [2.45, 2.75) is 6.42 Å². The first kappa shape index (κ1) is 17.2. The van der Waals surface area contributed by atoms with Crippen LogP contribution in [0.25, 0.3) is 6.08 Å². The zero-order valence-electron chi connectivity index (χ0n) is 13.1. The van der Waals surface area contributed by atoms with E-state index in [1.165, 1.54) is 0 Å². The Balaban J connectivity index is 2.17. The van der Waals surface area contributed by atoms with E-state index in [1.807, 2.05) is 0 Å². The van der Waals surface area contributed by atoms with Crippen LogP contribution in [0.5, 0.6) is 0 Å². The Morgan fingerprint density at radius 2 is 2.30 bits per heavy atom. The van der Waals surface area contributed by atoms with Gasteiger partial charge in [0.2, 0.25) is 5.91 Å². The maximum Gasteiger partial charge on any atom is 0.278 e. The van der Waals surface area contributed by atoms with Gasteiger partial charge in [0.25, 0.3) is 5.91 Å². The highest BCUT2D eigenvalue weighted by molar-refractivity contribution is 8.14. The predicted octanol–water partition coefficient (Wildman–Crippen LogP) is 0.214. The third-order valence-electron chi connectivity index (χ3n) is 3.01. The molecule has 0 bridgehead atoms. The molecule has 0 aliphatic carbocycles. The fraction of sp³-hybridized carbons (Fsp3) is 0.429. The summed E-state index contributed by atoms with van der Waals surface area (Å²) in [7, 11) is 3.41. The molecule has 0 saturated heterocycles. The molecular weight excluding hydrogens is 318 g/mol. The second-order valence-corrected chi connectivity index (χ2v) is 5.87. The lowest BCUT2D eigenvalue weighted by molar-refractivity contribution is -0.122. The van der Waals surface area contributed by atoms with Crippen molar-refractivity contribution in [3.05, 3.63) is 23.7 Å². The van der Waals surface area contributed by atoms with Crippen molar-refractivity contribution in [3.63, 3.8) is 0 Å². The van der Waals surface area contributed by atoms with Crippen LogP contribution < -0.4 is 5.73 Å². The van der Waals surface area contributed by atoms with E-state index in [4.69, 9.17) is 10.5 Å². The number of primary amides is 1. The van der Waals surface area contributed by atoms with Gasteiger partial charge < -0.3 is 10.5 Å². The molecule has 0 aromatic carbocycles. The molecule has 23 heavy (non-hydrogen) atoms. The molecule has 8 nitrogen and oxygen atoms in total. The Labute approximate surface area is 138 Å². The number of carbonyl (C=O) groups is 2. The molecule has 0 spiro atoms. The number of rotatable bonds is 7. The number of ether oxygens (including phenoxy) is 1. The van der Waals surface area contributed by atoms with Gasteiger partial charge in [-0.25, -0.2) is 4.99 Å². The summed E-state index contributed by atoms with van der Waals surface area (Å²) in [6.45, 7) is 1.01. The van der Waals surface area contributed by atoms with E-state index in [2.05, 4.69) is 10.1 Å². The number of nitrogens with zero attached hydrogens (tertiary/aromatic N) is 4. The highest BCUT2D eigenvalue weighted by atomic mass is 32.2. The molecule has 2 N–H and O–H groups in total. The average molecular weight is 337 g/mol. The van der Waals surface area contributed by atoms with Crippen LogP contribution in [-0.2, 0) is 21.4 Å². The minimum atomic E-state index is -0.452. The van der Waals surface area contributed by atoms with E-state index in [0.717, 1.165) is 17.3 Å². The van der Waals surface area contributed by atoms with Crippen LogP contribution in [-0.4, -0.2) is 57.7 Å². The Bertz CT molecular complexity index is 653. The summed E-state index contributed by atoms with van der Waals surface area (Å²) in [6, 6.07) is 0. The van der Waals surface area contributed by atoms with Gasteiger partial charge in [-0.1, -0.05) is 11.8 Å². The Kier molecular flexibility index (Phi) is 5.94. The third-order valence-corrected chi connectivity index (χ3v) is 4.01. The second kappa shape index (κ2) is 7.93. The molecular formula is C14H19N5O3S. The molecule has 0 unspecified atom stereocenters. The fourth-order valence-corrected chi connectivity index (χ4v) is 2.78. The number of nitrogens with two attached hydrogens (primary N) is 1. The van der Waals surface area contributed by atoms with E-state index >= 15 is 0 Å². The summed E-state index contributed by atoms with van der Waals surface area (Å²) in [5.74, 6) is -0.573.